The summed E-state index contributed by atoms with van der Waals surface area (Å²) in [5.41, 5.74) is 1.29. The number of nitriles is 1. The molecule has 0 spiro atoms. The van der Waals surface area contributed by atoms with Gasteiger partial charge in [0.05, 0.1) is 33.8 Å². The minimum Gasteiger partial charge on any atom is -0.366 e. The summed E-state index contributed by atoms with van der Waals surface area (Å²) in [6, 6.07) is 6.99. The van der Waals surface area contributed by atoms with Crippen LogP contribution in [-0.4, -0.2) is 32.5 Å². The van der Waals surface area contributed by atoms with Crippen molar-refractivity contribution < 1.29 is 8.42 Å². The van der Waals surface area contributed by atoms with Crippen LogP contribution in [0.4, 0.5) is 5.69 Å². The second-order valence-corrected chi connectivity index (χ2v) is 7.07. The number of anilines is 1. The molecule has 0 aliphatic carbocycles. The van der Waals surface area contributed by atoms with Crippen molar-refractivity contribution in [1.29, 1.82) is 5.26 Å². The van der Waals surface area contributed by atoms with E-state index in [1.807, 2.05) is 17.9 Å². The Morgan fingerprint density at radius 1 is 1.50 bits per heavy atom. The van der Waals surface area contributed by atoms with E-state index < -0.39 is 9.84 Å². The molecule has 96 valence electrons. The third-order valence-electron chi connectivity index (χ3n) is 3.06. The van der Waals surface area contributed by atoms with Crippen LogP contribution < -0.4 is 4.90 Å². The zero-order valence-electron chi connectivity index (χ0n) is 9.93. The average Bonchev–Trinajstić information content (AvgIpc) is 2.29. The van der Waals surface area contributed by atoms with E-state index in [1.54, 1.807) is 18.2 Å². The van der Waals surface area contributed by atoms with Gasteiger partial charge in [0.2, 0.25) is 0 Å². The summed E-state index contributed by atoms with van der Waals surface area (Å²) in [7, 11) is -2.94. The van der Waals surface area contributed by atoms with Crippen molar-refractivity contribution in [2.45, 2.75) is 13.0 Å². The van der Waals surface area contributed by atoms with Gasteiger partial charge in [-0.25, -0.2) is 8.42 Å². The fraction of sp³-hybridized carbons (Fsp3) is 0.417. The third kappa shape index (κ3) is 2.60. The summed E-state index contributed by atoms with van der Waals surface area (Å²) < 4.78 is 23.0. The van der Waals surface area contributed by atoms with Crippen LogP contribution in [0.2, 0.25) is 5.02 Å². The van der Waals surface area contributed by atoms with Crippen LogP contribution in [-0.2, 0) is 9.84 Å². The molecule has 0 aromatic heterocycles. The highest BCUT2D eigenvalue weighted by Gasteiger charge is 2.29. The Morgan fingerprint density at radius 3 is 2.78 bits per heavy atom. The predicted octanol–water partition coefficient (Wildman–Crippen LogP) is 1.83. The van der Waals surface area contributed by atoms with E-state index in [1.165, 1.54) is 0 Å². The quantitative estimate of drug-likeness (QED) is 0.789. The molecule has 4 nitrogen and oxygen atoms in total. The molecule has 2 rings (SSSR count). The molecular formula is C12H13ClN2O2S. The van der Waals surface area contributed by atoms with Gasteiger partial charge in [-0.05, 0) is 25.1 Å². The maximum absolute atomic E-state index is 11.5. The third-order valence-corrected chi connectivity index (χ3v) is 5.15. The Kier molecular flexibility index (Phi) is 3.51. The lowest BCUT2D eigenvalue weighted by molar-refractivity contribution is 0.568. The van der Waals surface area contributed by atoms with Gasteiger partial charge in [-0.2, -0.15) is 5.26 Å². The molecule has 1 saturated heterocycles. The summed E-state index contributed by atoms with van der Waals surface area (Å²) in [6.45, 7) is 2.31. The van der Waals surface area contributed by atoms with Gasteiger partial charge in [-0.1, -0.05) is 11.6 Å². The van der Waals surface area contributed by atoms with E-state index in [-0.39, 0.29) is 17.5 Å². The van der Waals surface area contributed by atoms with Crippen molar-refractivity contribution >= 4 is 27.1 Å². The van der Waals surface area contributed by atoms with Crippen LogP contribution in [0.5, 0.6) is 0 Å². The minimum atomic E-state index is -2.94. The Morgan fingerprint density at radius 2 is 2.22 bits per heavy atom. The van der Waals surface area contributed by atoms with Crippen LogP contribution in [0.1, 0.15) is 12.5 Å². The summed E-state index contributed by atoms with van der Waals surface area (Å²) in [5.74, 6) is 0.289. The predicted molar refractivity (Wildman–Crippen MR) is 71.6 cm³/mol. The zero-order valence-corrected chi connectivity index (χ0v) is 11.5. The summed E-state index contributed by atoms with van der Waals surface area (Å²) in [6.07, 6.45) is 0. The SMILES string of the molecule is CC1CS(=O)(=O)CCN1c1ccc(C#N)cc1Cl. The molecule has 1 unspecified atom stereocenters. The average molecular weight is 285 g/mol. The molecule has 18 heavy (non-hydrogen) atoms. The molecule has 1 aliphatic rings. The molecule has 1 aliphatic heterocycles. The first kappa shape index (κ1) is 13.2. The molecule has 1 aromatic carbocycles. The fourth-order valence-electron chi connectivity index (χ4n) is 2.17. The normalized spacial score (nSPS) is 22.5. The molecule has 0 N–H and O–H groups in total. The molecule has 1 heterocycles. The lowest BCUT2D eigenvalue weighted by Gasteiger charge is -2.35. The molecule has 0 amide bonds. The smallest absolute Gasteiger partial charge is 0.154 e. The van der Waals surface area contributed by atoms with E-state index in [0.717, 1.165) is 5.69 Å². The van der Waals surface area contributed by atoms with Crippen molar-refractivity contribution in [3.05, 3.63) is 28.8 Å². The number of hydrogen-bond acceptors (Lipinski definition) is 4. The highest BCUT2D eigenvalue weighted by molar-refractivity contribution is 7.91. The maximum atomic E-state index is 11.5. The number of rotatable bonds is 1. The highest BCUT2D eigenvalue weighted by atomic mass is 35.5. The Labute approximate surface area is 112 Å². The summed E-state index contributed by atoms with van der Waals surface area (Å²) >= 11 is 6.14. The van der Waals surface area contributed by atoms with E-state index in [9.17, 15) is 8.42 Å². The first-order valence-electron chi connectivity index (χ1n) is 5.59. The Bertz CT molecular complexity index is 607. The van der Waals surface area contributed by atoms with Gasteiger partial charge in [0, 0.05) is 12.6 Å². The van der Waals surface area contributed by atoms with Crippen LogP contribution >= 0.6 is 11.6 Å². The van der Waals surface area contributed by atoms with Gasteiger partial charge in [0.15, 0.2) is 9.84 Å². The zero-order chi connectivity index (χ0) is 13.3. The maximum Gasteiger partial charge on any atom is 0.154 e. The van der Waals surface area contributed by atoms with E-state index in [2.05, 4.69) is 0 Å². The summed E-state index contributed by atoms with van der Waals surface area (Å²) in [5, 5.41) is 9.27. The molecule has 1 aromatic rings. The fourth-order valence-corrected chi connectivity index (χ4v) is 4.01. The largest absolute Gasteiger partial charge is 0.366 e. The van der Waals surface area contributed by atoms with Crippen LogP contribution in [0.15, 0.2) is 18.2 Å². The number of benzene rings is 1. The minimum absolute atomic E-state index is 0.103. The van der Waals surface area contributed by atoms with E-state index >= 15 is 0 Å². The van der Waals surface area contributed by atoms with Crippen molar-refractivity contribution in [3.63, 3.8) is 0 Å². The van der Waals surface area contributed by atoms with E-state index in [0.29, 0.717) is 17.1 Å². The van der Waals surface area contributed by atoms with Gasteiger partial charge >= 0.3 is 0 Å². The van der Waals surface area contributed by atoms with Crippen molar-refractivity contribution in [1.82, 2.24) is 0 Å². The number of halogens is 1. The van der Waals surface area contributed by atoms with Gasteiger partial charge in [-0.15, -0.1) is 0 Å². The number of nitrogens with zero attached hydrogens (tertiary/aromatic N) is 2. The molecule has 1 fully saturated rings. The summed E-state index contributed by atoms with van der Waals surface area (Å²) in [4.78, 5) is 1.98. The Hall–Kier alpha value is -1.25. The number of hydrogen-bond donors (Lipinski definition) is 0. The second kappa shape index (κ2) is 4.79. The van der Waals surface area contributed by atoms with Crippen molar-refractivity contribution in [2.75, 3.05) is 23.0 Å². The first-order chi connectivity index (χ1) is 8.43. The molecule has 0 radical (unpaired) electrons. The van der Waals surface area contributed by atoms with Crippen LogP contribution in [0.25, 0.3) is 0 Å². The molecular weight excluding hydrogens is 272 g/mol. The van der Waals surface area contributed by atoms with E-state index in [4.69, 9.17) is 16.9 Å². The first-order valence-corrected chi connectivity index (χ1v) is 7.79. The lowest BCUT2D eigenvalue weighted by atomic mass is 10.2. The molecule has 0 saturated carbocycles. The van der Waals surface area contributed by atoms with Gasteiger partial charge in [0.25, 0.3) is 0 Å². The number of sulfone groups is 1. The monoisotopic (exact) mass is 284 g/mol. The van der Waals surface area contributed by atoms with Crippen molar-refractivity contribution in [3.8, 4) is 6.07 Å². The van der Waals surface area contributed by atoms with Crippen LogP contribution in [0, 0.1) is 11.3 Å². The van der Waals surface area contributed by atoms with Gasteiger partial charge in [-0.3, -0.25) is 0 Å². The standard InChI is InChI=1S/C12H13ClN2O2S/c1-9-8-18(16,17)5-4-15(9)12-3-2-10(7-14)6-11(12)13/h2-3,6,9H,4-5,8H2,1H3. The molecule has 6 heteroatoms. The Balaban J connectivity index is 2.31. The van der Waals surface area contributed by atoms with Crippen LogP contribution in [0.3, 0.4) is 0 Å². The van der Waals surface area contributed by atoms with Gasteiger partial charge in [0.1, 0.15) is 0 Å². The topological polar surface area (TPSA) is 61.2 Å². The molecule has 0 bridgehead atoms. The van der Waals surface area contributed by atoms with Gasteiger partial charge < -0.3 is 4.90 Å². The highest BCUT2D eigenvalue weighted by Crippen LogP contribution is 2.30. The lowest BCUT2D eigenvalue weighted by Crippen LogP contribution is -2.47. The van der Waals surface area contributed by atoms with Crippen molar-refractivity contribution in [2.24, 2.45) is 0 Å². The molecule has 1 atom stereocenters. The second-order valence-electron chi connectivity index (χ2n) is 4.43.